The zero-order valence-electron chi connectivity index (χ0n) is 8.77. The molecule has 1 aromatic carbocycles. The van der Waals surface area contributed by atoms with Gasteiger partial charge in [-0.1, -0.05) is 37.3 Å². The molecule has 1 radical (unpaired) electrons. The number of ether oxygens (including phenoxy) is 1. The summed E-state index contributed by atoms with van der Waals surface area (Å²) in [5.41, 5.74) is 1.15. The second kappa shape index (κ2) is 5.78. The third kappa shape index (κ3) is 3.48. The van der Waals surface area contributed by atoms with Crippen molar-refractivity contribution in [1.29, 1.82) is 0 Å². The van der Waals surface area contributed by atoms with E-state index in [1.54, 1.807) is 6.92 Å². The quantitative estimate of drug-likeness (QED) is 0.706. The van der Waals surface area contributed by atoms with Gasteiger partial charge in [0.05, 0.1) is 12.7 Å². The number of hydrogen-bond donors (Lipinski definition) is 0. The summed E-state index contributed by atoms with van der Waals surface area (Å²) in [6.07, 6.45) is 0.317. The molecule has 0 aliphatic heterocycles. The van der Waals surface area contributed by atoms with Gasteiger partial charge in [-0.2, -0.15) is 0 Å². The van der Waals surface area contributed by atoms with Crippen LogP contribution in [0.15, 0.2) is 30.3 Å². The SMILES string of the molecule is CCC(OCC(C)[O])c1ccccc1. The Morgan fingerprint density at radius 1 is 1.29 bits per heavy atom. The minimum absolute atomic E-state index is 0.0626. The van der Waals surface area contributed by atoms with E-state index >= 15 is 0 Å². The van der Waals surface area contributed by atoms with Crippen molar-refractivity contribution in [1.82, 2.24) is 0 Å². The van der Waals surface area contributed by atoms with Gasteiger partial charge in [0.2, 0.25) is 0 Å². The first-order valence-corrected chi connectivity index (χ1v) is 5.06. The van der Waals surface area contributed by atoms with Gasteiger partial charge in [0.15, 0.2) is 0 Å². The smallest absolute Gasteiger partial charge is 0.113 e. The lowest BCUT2D eigenvalue weighted by Crippen LogP contribution is -2.12. The number of rotatable bonds is 5. The molecule has 0 fully saturated rings. The highest BCUT2D eigenvalue weighted by Crippen LogP contribution is 2.20. The van der Waals surface area contributed by atoms with E-state index in [4.69, 9.17) is 4.74 Å². The summed E-state index contributed by atoms with van der Waals surface area (Å²) in [6.45, 7) is 3.97. The molecule has 14 heavy (non-hydrogen) atoms. The Labute approximate surface area is 85.5 Å². The van der Waals surface area contributed by atoms with Crippen LogP contribution < -0.4 is 0 Å². The van der Waals surface area contributed by atoms with Gasteiger partial charge in [0, 0.05) is 0 Å². The molecule has 0 aliphatic carbocycles. The maximum absolute atomic E-state index is 10.9. The summed E-state index contributed by atoms with van der Waals surface area (Å²) in [4.78, 5) is 0. The molecule has 0 aromatic heterocycles. The van der Waals surface area contributed by atoms with E-state index in [0.29, 0.717) is 0 Å². The first kappa shape index (κ1) is 11.2. The van der Waals surface area contributed by atoms with Crippen LogP contribution in [0.1, 0.15) is 31.9 Å². The Hall–Kier alpha value is -0.860. The van der Waals surface area contributed by atoms with Crippen molar-refractivity contribution >= 4 is 0 Å². The summed E-state index contributed by atoms with van der Waals surface area (Å²) in [5, 5.41) is 10.9. The first-order chi connectivity index (χ1) is 6.74. The van der Waals surface area contributed by atoms with Gasteiger partial charge in [-0.15, -0.1) is 0 Å². The van der Waals surface area contributed by atoms with Crippen LogP contribution in [-0.2, 0) is 9.84 Å². The zero-order chi connectivity index (χ0) is 10.4. The first-order valence-electron chi connectivity index (χ1n) is 5.06. The van der Waals surface area contributed by atoms with Gasteiger partial charge in [-0.05, 0) is 18.9 Å². The lowest BCUT2D eigenvalue weighted by atomic mass is 10.1. The van der Waals surface area contributed by atoms with Crippen LogP contribution >= 0.6 is 0 Å². The Bertz CT molecular complexity index is 244. The summed E-state index contributed by atoms with van der Waals surface area (Å²) in [5.74, 6) is 0. The zero-order valence-corrected chi connectivity index (χ0v) is 8.77. The van der Waals surface area contributed by atoms with Gasteiger partial charge in [-0.3, -0.25) is 0 Å². The molecule has 2 atom stereocenters. The largest absolute Gasteiger partial charge is 0.371 e. The molecule has 0 bridgehead atoms. The highest BCUT2D eigenvalue weighted by atomic mass is 16.5. The van der Waals surface area contributed by atoms with Crippen LogP contribution in [-0.4, -0.2) is 12.7 Å². The van der Waals surface area contributed by atoms with Crippen molar-refractivity contribution in [3.05, 3.63) is 35.9 Å². The van der Waals surface area contributed by atoms with E-state index in [9.17, 15) is 5.11 Å². The monoisotopic (exact) mass is 193 g/mol. The van der Waals surface area contributed by atoms with E-state index < -0.39 is 6.10 Å². The maximum atomic E-state index is 10.9. The van der Waals surface area contributed by atoms with E-state index in [1.165, 1.54) is 0 Å². The highest BCUT2D eigenvalue weighted by Gasteiger charge is 2.10. The summed E-state index contributed by atoms with van der Waals surface area (Å²) >= 11 is 0. The van der Waals surface area contributed by atoms with E-state index in [1.807, 2.05) is 30.3 Å². The fourth-order valence-corrected chi connectivity index (χ4v) is 1.37. The third-order valence-corrected chi connectivity index (χ3v) is 2.07. The molecule has 2 nitrogen and oxygen atoms in total. The molecule has 0 saturated heterocycles. The van der Waals surface area contributed by atoms with Gasteiger partial charge in [0.25, 0.3) is 0 Å². The van der Waals surface area contributed by atoms with Gasteiger partial charge in [-0.25, -0.2) is 5.11 Å². The van der Waals surface area contributed by atoms with Crippen LogP contribution in [0.4, 0.5) is 0 Å². The summed E-state index contributed by atoms with van der Waals surface area (Å²) in [6, 6.07) is 10.0. The van der Waals surface area contributed by atoms with Gasteiger partial charge < -0.3 is 4.74 Å². The fraction of sp³-hybridized carbons (Fsp3) is 0.500. The van der Waals surface area contributed by atoms with Crippen molar-refractivity contribution in [2.75, 3.05) is 6.61 Å². The molecule has 1 rings (SSSR count). The lowest BCUT2D eigenvalue weighted by Gasteiger charge is -2.16. The van der Waals surface area contributed by atoms with Crippen LogP contribution in [0.5, 0.6) is 0 Å². The van der Waals surface area contributed by atoms with E-state index in [2.05, 4.69) is 6.92 Å². The number of benzene rings is 1. The second-order valence-electron chi connectivity index (χ2n) is 3.45. The van der Waals surface area contributed by atoms with Crippen molar-refractivity contribution in [3.8, 4) is 0 Å². The van der Waals surface area contributed by atoms with E-state index in [0.717, 1.165) is 12.0 Å². The predicted molar refractivity (Wildman–Crippen MR) is 55.6 cm³/mol. The minimum Gasteiger partial charge on any atom is -0.371 e. The minimum atomic E-state index is -0.646. The molecule has 2 unspecified atom stereocenters. The highest BCUT2D eigenvalue weighted by molar-refractivity contribution is 5.17. The Morgan fingerprint density at radius 2 is 1.93 bits per heavy atom. The normalized spacial score (nSPS) is 15.1. The second-order valence-corrected chi connectivity index (χ2v) is 3.45. The molecule has 77 valence electrons. The molecule has 0 heterocycles. The van der Waals surface area contributed by atoms with Gasteiger partial charge in [0.1, 0.15) is 6.10 Å². The average molecular weight is 193 g/mol. The summed E-state index contributed by atoms with van der Waals surface area (Å²) in [7, 11) is 0. The van der Waals surface area contributed by atoms with Crippen LogP contribution in [0.25, 0.3) is 0 Å². The summed E-state index contributed by atoms with van der Waals surface area (Å²) < 4.78 is 5.53. The van der Waals surface area contributed by atoms with Gasteiger partial charge >= 0.3 is 0 Å². The molecule has 2 heteroatoms. The van der Waals surface area contributed by atoms with Crippen molar-refractivity contribution < 1.29 is 9.84 Å². The maximum Gasteiger partial charge on any atom is 0.113 e. The molecule has 0 N–H and O–H groups in total. The molecule has 1 aromatic rings. The molecule has 0 amide bonds. The van der Waals surface area contributed by atoms with Crippen LogP contribution in [0.3, 0.4) is 0 Å². The average Bonchev–Trinajstić information content (AvgIpc) is 2.20. The Balaban J connectivity index is 2.54. The van der Waals surface area contributed by atoms with Crippen molar-refractivity contribution in [2.24, 2.45) is 0 Å². The standard InChI is InChI=1S/C12H17O2/c1-3-12(14-9-10(2)13)11-7-5-4-6-8-11/h4-8,10,12H,3,9H2,1-2H3. The fourth-order valence-electron chi connectivity index (χ4n) is 1.37. The molecular formula is C12H17O2. The molecule has 0 spiro atoms. The molecule has 0 saturated carbocycles. The molecule has 0 aliphatic rings. The lowest BCUT2D eigenvalue weighted by molar-refractivity contribution is -0.0307. The van der Waals surface area contributed by atoms with E-state index in [-0.39, 0.29) is 12.7 Å². The van der Waals surface area contributed by atoms with Crippen molar-refractivity contribution in [2.45, 2.75) is 32.5 Å². The third-order valence-electron chi connectivity index (χ3n) is 2.07. The van der Waals surface area contributed by atoms with Crippen molar-refractivity contribution in [3.63, 3.8) is 0 Å². The number of hydrogen-bond acceptors (Lipinski definition) is 1. The van der Waals surface area contributed by atoms with Crippen LogP contribution in [0.2, 0.25) is 0 Å². The van der Waals surface area contributed by atoms with Crippen LogP contribution in [0, 0.1) is 0 Å². The topological polar surface area (TPSA) is 29.1 Å². The predicted octanol–water partition coefficient (Wildman–Crippen LogP) is 2.97. The molecular weight excluding hydrogens is 176 g/mol. The Morgan fingerprint density at radius 3 is 2.43 bits per heavy atom. The Kier molecular flexibility index (Phi) is 4.63.